The lowest BCUT2D eigenvalue weighted by Gasteiger charge is -1.97. The van der Waals surface area contributed by atoms with Gasteiger partial charge in [0.1, 0.15) is 0 Å². The molecule has 0 aliphatic rings. The van der Waals surface area contributed by atoms with E-state index < -0.39 is 5.97 Å². The Bertz CT molecular complexity index is 884. The van der Waals surface area contributed by atoms with Gasteiger partial charge in [0.15, 0.2) is 6.61 Å². The number of carbonyl (C=O) groups is 1. The maximum atomic E-state index is 11.8. The fourth-order valence-corrected chi connectivity index (χ4v) is 2.32. The standard InChI is InChI=1S/C19H15BrN2O3/c1-13-2-4-14(5-3-13)6-11-18(23)24-12-17-21-19(22-25-17)15-7-9-16(20)10-8-15/h2-11H,12H2,1H3/b11-6+. The van der Waals surface area contributed by atoms with Crippen molar-refractivity contribution in [1.29, 1.82) is 0 Å². The Morgan fingerprint density at radius 1 is 1.16 bits per heavy atom. The van der Waals surface area contributed by atoms with Gasteiger partial charge in [0.05, 0.1) is 0 Å². The second kappa shape index (κ2) is 7.90. The molecule has 0 bridgehead atoms. The van der Waals surface area contributed by atoms with Crippen LogP contribution in [0, 0.1) is 6.92 Å². The summed E-state index contributed by atoms with van der Waals surface area (Å²) >= 11 is 3.37. The third-order valence-corrected chi connectivity index (χ3v) is 3.93. The Labute approximate surface area is 153 Å². The molecule has 3 rings (SSSR count). The van der Waals surface area contributed by atoms with E-state index in [0.29, 0.717) is 5.82 Å². The van der Waals surface area contributed by atoms with E-state index in [-0.39, 0.29) is 12.5 Å². The van der Waals surface area contributed by atoms with Crippen molar-refractivity contribution in [3.8, 4) is 11.4 Å². The predicted molar refractivity (Wildman–Crippen MR) is 97.4 cm³/mol. The van der Waals surface area contributed by atoms with Gasteiger partial charge in [-0.3, -0.25) is 0 Å². The third kappa shape index (κ3) is 4.87. The minimum atomic E-state index is -0.469. The molecule has 0 spiro atoms. The summed E-state index contributed by atoms with van der Waals surface area (Å²) in [5.41, 5.74) is 2.92. The molecule has 0 saturated heterocycles. The maximum absolute atomic E-state index is 11.8. The predicted octanol–water partition coefficient (Wildman–Crippen LogP) is 4.56. The van der Waals surface area contributed by atoms with E-state index >= 15 is 0 Å². The summed E-state index contributed by atoms with van der Waals surface area (Å²) in [5.74, 6) is 0.229. The molecule has 0 N–H and O–H groups in total. The molecular formula is C19H15BrN2O3. The van der Waals surface area contributed by atoms with E-state index in [1.54, 1.807) is 6.08 Å². The quantitative estimate of drug-likeness (QED) is 0.465. The summed E-state index contributed by atoms with van der Waals surface area (Å²) in [4.78, 5) is 16.0. The van der Waals surface area contributed by atoms with Gasteiger partial charge in [-0.05, 0) is 42.8 Å². The second-order valence-electron chi connectivity index (χ2n) is 5.37. The third-order valence-electron chi connectivity index (χ3n) is 3.40. The van der Waals surface area contributed by atoms with Gasteiger partial charge in [-0.2, -0.15) is 4.98 Å². The Morgan fingerprint density at radius 2 is 1.88 bits per heavy atom. The van der Waals surface area contributed by atoms with Gasteiger partial charge in [-0.1, -0.05) is 50.9 Å². The number of aryl methyl sites for hydroxylation is 1. The minimum absolute atomic E-state index is 0.0689. The molecule has 25 heavy (non-hydrogen) atoms. The van der Waals surface area contributed by atoms with Crippen LogP contribution < -0.4 is 0 Å². The summed E-state index contributed by atoms with van der Waals surface area (Å²) in [6, 6.07) is 15.3. The molecule has 0 aliphatic carbocycles. The number of hydrogen-bond donors (Lipinski definition) is 0. The number of halogens is 1. The molecule has 5 nitrogen and oxygen atoms in total. The van der Waals surface area contributed by atoms with Crippen LogP contribution in [0.4, 0.5) is 0 Å². The molecule has 3 aromatic rings. The smallest absolute Gasteiger partial charge is 0.331 e. The van der Waals surface area contributed by atoms with Crippen molar-refractivity contribution in [2.24, 2.45) is 0 Å². The highest BCUT2D eigenvalue weighted by Gasteiger charge is 2.10. The summed E-state index contributed by atoms with van der Waals surface area (Å²) in [6.45, 7) is 1.94. The highest BCUT2D eigenvalue weighted by Crippen LogP contribution is 2.19. The second-order valence-corrected chi connectivity index (χ2v) is 6.29. The first kappa shape index (κ1) is 17.1. The van der Waals surface area contributed by atoms with Crippen LogP contribution in [0.15, 0.2) is 63.6 Å². The molecule has 0 amide bonds. The van der Waals surface area contributed by atoms with Crippen LogP contribution in [0.3, 0.4) is 0 Å². The van der Waals surface area contributed by atoms with Gasteiger partial charge in [0.2, 0.25) is 5.82 Å². The van der Waals surface area contributed by atoms with Crippen LogP contribution in [0.2, 0.25) is 0 Å². The van der Waals surface area contributed by atoms with Gasteiger partial charge in [0.25, 0.3) is 5.89 Å². The molecule has 0 fully saturated rings. The van der Waals surface area contributed by atoms with Crippen molar-refractivity contribution >= 4 is 28.0 Å². The van der Waals surface area contributed by atoms with E-state index in [1.807, 2.05) is 55.5 Å². The van der Waals surface area contributed by atoms with Gasteiger partial charge in [-0.15, -0.1) is 0 Å². The maximum Gasteiger partial charge on any atom is 0.331 e. The van der Waals surface area contributed by atoms with Crippen molar-refractivity contribution < 1.29 is 14.1 Å². The van der Waals surface area contributed by atoms with Gasteiger partial charge in [0, 0.05) is 16.1 Å². The van der Waals surface area contributed by atoms with Crippen molar-refractivity contribution in [2.45, 2.75) is 13.5 Å². The molecule has 0 radical (unpaired) electrons. The number of aromatic nitrogens is 2. The van der Waals surface area contributed by atoms with Crippen LogP contribution in [-0.4, -0.2) is 16.1 Å². The molecule has 0 aliphatic heterocycles. The normalized spacial score (nSPS) is 11.0. The van der Waals surface area contributed by atoms with Crippen LogP contribution in [0.1, 0.15) is 17.0 Å². The topological polar surface area (TPSA) is 65.2 Å². The first-order chi connectivity index (χ1) is 12.1. The SMILES string of the molecule is Cc1ccc(/C=C/C(=O)OCc2nc(-c3ccc(Br)cc3)no2)cc1. The summed E-state index contributed by atoms with van der Waals surface area (Å²) < 4.78 is 11.2. The van der Waals surface area contributed by atoms with Crippen molar-refractivity contribution in [3.05, 3.63) is 76.1 Å². The van der Waals surface area contributed by atoms with Crippen molar-refractivity contribution in [3.63, 3.8) is 0 Å². The molecule has 0 unspecified atom stereocenters. The number of rotatable bonds is 5. The lowest BCUT2D eigenvalue weighted by atomic mass is 10.1. The Kier molecular flexibility index (Phi) is 5.40. The number of ether oxygens (including phenoxy) is 1. The molecule has 1 heterocycles. The molecule has 2 aromatic carbocycles. The van der Waals surface area contributed by atoms with Crippen LogP contribution in [-0.2, 0) is 16.1 Å². The van der Waals surface area contributed by atoms with Crippen LogP contribution >= 0.6 is 15.9 Å². The molecule has 126 valence electrons. The molecule has 1 aromatic heterocycles. The Morgan fingerprint density at radius 3 is 2.60 bits per heavy atom. The number of esters is 1. The highest BCUT2D eigenvalue weighted by molar-refractivity contribution is 9.10. The van der Waals surface area contributed by atoms with Crippen LogP contribution in [0.5, 0.6) is 0 Å². The lowest BCUT2D eigenvalue weighted by Crippen LogP contribution is -2.00. The average molecular weight is 399 g/mol. The molecule has 0 atom stereocenters. The average Bonchev–Trinajstić information content (AvgIpc) is 3.09. The number of carbonyl (C=O) groups excluding carboxylic acids is 1. The Hall–Kier alpha value is -2.73. The van der Waals surface area contributed by atoms with E-state index in [9.17, 15) is 4.79 Å². The van der Waals surface area contributed by atoms with Crippen molar-refractivity contribution in [1.82, 2.24) is 10.1 Å². The zero-order valence-electron chi connectivity index (χ0n) is 13.5. The fourth-order valence-electron chi connectivity index (χ4n) is 2.05. The zero-order valence-corrected chi connectivity index (χ0v) is 15.1. The highest BCUT2D eigenvalue weighted by atomic mass is 79.9. The van der Waals surface area contributed by atoms with E-state index in [4.69, 9.17) is 9.26 Å². The van der Waals surface area contributed by atoms with Gasteiger partial charge < -0.3 is 9.26 Å². The lowest BCUT2D eigenvalue weighted by molar-refractivity contribution is -0.139. The van der Waals surface area contributed by atoms with E-state index in [0.717, 1.165) is 21.2 Å². The number of nitrogens with zero attached hydrogens (tertiary/aromatic N) is 2. The summed E-state index contributed by atoms with van der Waals surface area (Å²) in [5, 5.41) is 3.89. The van der Waals surface area contributed by atoms with Gasteiger partial charge >= 0.3 is 5.97 Å². The van der Waals surface area contributed by atoms with E-state index in [2.05, 4.69) is 26.1 Å². The minimum Gasteiger partial charge on any atom is -0.452 e. The zero-order chi connectivity index (χ0) is 17.6. The molecule has 0 saturated carbocycles. The molecular weight excluding hydrogens is 384 g/mol. The van der Waals surface area contributed by atoms with Crippen molar-refractivity contribution in [2.75, 3.05) is 0 Å². The van der Waals surface area contributed by atoms with Crippen LogP contribution in [0.25, 0.3) is 17.5 Å². The first-order valence-electron chi connectivity index (χ1n) is 7.60. The first-order valence-corrected chi connectivity index (χ1v) is 8.39. The van der Waals surface area contributed by atoms with E-state index in [1.165, 1.54) is 6.08 Å². The summed E-state index contributed by atoms with van der Waals surface area (Å²) in [6.07, 6.45) is 3.07. The fraction of sp³-hybridized carbons (Fsp3) is 0.105. The number of benzene rings is 2. The number of hydrogen-bond acceptors (Lipinski definition) is 5. The monoisotopic (exact) mass is 398 g/mol. The largest absolute Gasteiger partial charge is 0.452 e. The molecule has 6 heteroatoms. The Balaban J connectivity index is 1.55. The van der Waals surface area contributed by atoms with Gasteiger partial charge in [-0.25, -0.2) is 4.79 Å². The summed E-state index contributed by atoms with van der Waals surface area (Å²) in [7, 11) is 0.